The number of aromatic nitrogens is 2. The van der Waals surface area contributed by atoms with Gasteiger partial charge in [-0.1, -0.05) is 6.92 Å². The Kier molecular flexibility index (Phi) is 5.04. The fourth-order valence-electron chi connectivity index (χ4n) is 1.97. The molecule has 0 amide bonds. The first-order valence-electron chi connectivity index (χ1n) is 6.61. The highest BCUT2D eigenvalue weighted by Crippen LogP contribution is 2.17. The maximum Gasteiger partial charge on any atom is 0.158 e. The summed E-state index contributed by atoms with van der Waals surface area (Å²) in [5.41, 5.74) is 1.12. The van der Waals surface area contributed by atoms with Crippen LogP contribution in [0.25, 0.3) is 0 Å². The molecule has 1 atom stereocenters. The zero-order chi connectivity index (χ0) is 12.8. The van der Waals surface area contributed by atoms with Crippen LogP contribution in [0.3, 0.4) is 0 Å². The molecule has 0 aliphatic carbocycles. The molecule has 1 saturated heterocycles. The zero-order valence-electron chi connectivity index (χ0n) is 11.2. The fourth-order valence-corrected chi connectivity index (χ4v) is 1.97. The van der Waals surface area contributed by atoms with Gasteiger partial charge < -0.3 is 15.0 Å². The minimum atomic E-state index is 0.0152. The third kappa shape index (κ3) is 3.73. The fraction of sp³-hybridized carbons (Fsp3) is 0.692. The van der Waals surface area contributed by atoms with E-state index in [1.54, 1.807) is 0 Å². The van der Waals surface area contributed by atoms with Crippen molar-refractivity contribution in [2.24, 2.45) is 0 Å². The average Bonchev–Trinajstić information content (AvgIpc) is 2.40. The van der Waals surface area contributed by atoms with Gasteiger partial charge in [-0.25, -0.2) is 9.97 Å². The lowest BCUT2D eigenvalue weighted by Crippen LogP contribution is -2.36. The van der Waals surface area contributed by atoms with E-state index in [0.29, 0.717) is 0 Å². The highest BCUT2D eigenvalue weighted by atomic mass is 16.5. The lowest BCUT2D eigenvalue weighted by atomic mass is 10.2. The van der Waals surface area contributed by atoms with Crippen molar-refractivity contribution in [3.63, 3.8) is 0 Å². The van der Waals surface area contributed by atoms with Gasteiger partial charge in [0.15, 0.2) is 5.82 Å². The Morgan fingerprint density at radius 2 is 2.22 bits per heavy atom. The highest BCUT2D eigenvalue weighted by Gasteiger charge is 2.21. The van der Waals surface area contributed by atoms with E-state index in [4.69, 9.17) is 4.74 Å². The van der Waals surface area contributed by atoms with Crippen molar-refractivity contribution in [1.29, 1.82) is 0 Å². The number of likely N-dealkylation sites (N-methyl/N-ethyl adjacent to an activating group) is 1. The van der Waals surface area contributed by atoms with Gasteiger partial charge in [-0.3, -0.25) is 0 Å². The number of nitrogens with one attached hydrogen (secondary N) is 1. The van der Waals surface area contributed by atoms with Crippen LogP contribution in [-0.4, -0.2) is 48.2 Å². The lowest BCUT2D eigenvalue weighted by Gasteiger charge is -2.28. The number of morpholine rings is 1. The maximum atomic E-state index is 5.69. The Hall–Kier alpha value is -1.04. The van der Waals surface area contributed by atoms with Crippen LogP contribution >= 0.6 is 0 Å². The minimum Gasteiger partial charge on any atom is -0.368 e. The highest BCUT2D eigenvalue weighted by molar-refractivity contribution is 5.06. The van der Waals surface area contributed by atoms with Crippen molar-refractivity contribution in [1.82, 2.24) is 20.2 Å². The molecular weight excluding hydrogens is 228 g/mol. The molecule has 5 nitrogen and oxygen atoms in total. The molecule has 0 bridgehead atoms. The zero-order valence-corrected chi connectivity index (χ0v) is 11.2. The second-order valence-corrected chi connectivity index (χ2v) is 4.75. The van der Waals surface area contributed by atoms with Crippen molar-refractivity contribution in [3.8, 4) is 0 Å². The maximum absolute atomic E-state index is 5.69. The standard InChI is InChI=1S/C13H22N4O/c1-3-4-14-7-11-8-15-13(16-9-11)12-10-17(2)5-6-18-12/h8-9,12,14H,3-7,10H2,1-2H3. The quantitative estimate of drug-likeness (QED) is 0.789. The largest absolute Gasteiger partial charge is 0.368 e. The molecule has 1 aliphatic rings. The predicted octanol–water partition coefficient (Wildman–Crippen LogP) is 0.979. The third-order valence-electron chi connectivity index (χ3n) is 3.04. The molecule has 0 aromatic carbocycles. The normalized spacial score (nSPS) is 21.1. The number of hydrogen-bond donors (Lipinski definition) is 1. The number of rotatable bonds is 5. The molecule has 1 aromatic rings. The van der Waals surface area contributed by atoms with E-state index in [-0.39, 0.29) is 6.10 Å². The van der Waals surface area contributed by atoms with Gasteiger partial charge in [0.25, 0.3) is 0 Å². The first kappa shape index (κ1) is 13.4. The van der Waals surface area contributed by atoms with Crippen LogP contribution in [-0.2, 0) is 11.3 Å². The average molecular weight is 250 g/mol. The molecule has 1 N–H and O–H groups in total. The van der Waals surface area contributed by atoms with Gasteiger partial charge in [0.05, 0.1) is 6.61 Å². The number of nitrogens with zero attached hydrogens (tertiary/aromatic N) is 3. The summed E-state index contributed by atoms with van der Waals surface area (Å²) in [7, 11) is 2.10. The van der Waals surface area contributed by atoms with E-state index >= 15 is 0 Å². The van der Waals surface area contributed by atoms with Crippen LogP contribution in [0.1, 0.15) is 30.8 Å². The van der Waals surface area contributed by atoms with Crippen molar-refractivity contribution >= 4 is 0 Å². The topological polar surface area (TPSA) is 50.3 Å². The van der Waals surface area contributed by atoms with Gasteiger partial charge >= 0.3 is 0 Å². The Labute approximate surface area is 109 Å². The summed E-state index contributed by atoms with van der Waals surface area (Å²) in [6.07, 6.45) is 4.94. The Bertz CT molecular complexity index is 355. The number of ether oxygens (including phenoxy) is 1. The van der Waals surface area contributed by atoms with Gasteiger partial charge in [0.1, 0.15) is 6.10 Å². The van der Waals surface area contributed by atoms with Crippen molar-refractivity contribution in [3.05, 3.63) is 23.8 Å². The number of hydrogen-bond acceptors (Lipinski definition) is 5. The smallest absolute Gasteiger partial charge is 0.158 e. The summed E-state index contributed by atoms with van der Waals surface area (Å²) in [6.45, 7) is 6.62. The molecule has 1 aromatic heterocycles. The van der Waals surface area contributed by atoms with Crippen molar-refractivity contribution in [2.45, 2.75) is 26.0 Å². The molecular formula is C13H22N4O. The molecule has 1 aliphatic heterocycles. The minimum absolute atomic E-state index is 0.0152. The summed E-state index contributed by atoms with van der Waals surface area (Å²) in [6, 6.07) is 0. The van der Waals surface area contributed by atoms with E-state index in [2.05, 4.69) is 34.2 Å². The van der Waals surface area contributed by atoms with Crippen molar-refractivity contribution < 1.29 is 4.74 Å². The first-order chi connectivity index (χ1) is 8.79. The second-order valence-electron chi connectivity index (χ2n) is 4.75. The van der Waals surface area contributed by atoms with Gasteiger partial charge in [-0.2, -0.15) is 0 Å². The predicted molar refractivity (Wildman–Crippen MR) is 70.2 cm³/mol. The third-order valence-corrected chi connectivity index (χ3v) is 3.04. The van der Waals surface area contributed by atoms with Crippen LogP contribution in [0.4, 0.5) is 0 Å². The molecule has 1 unspecified atom stereocenters. The Balaban J connectivity index is 1.90. The Morgan fingerprint density at radius 1 is 1.44 bits per heavy atom. The van der Waals surface area contributed by atoms with Gasteiger partial charge in [-0.05, 0) is 20.0 Å². The molecule has 5 heteroatoms. The van der Waals surface area contributed by atoms with Gasteiger partial charge in [0.2, 0.25) is 0 Å². The van der Waals surface area contributed by atoms with Crippen LogP contribution in [0.5, 0.6) is 0 Å². The van der Waals surface area contributed by atoms with E-state index in [1.807, 2.05) is 12.4 Å². The van der Waals surface area contributed by atoms with Crippen LogP contribution in [0, 0.1) is 0 Å². The SMILES string of the molecule is CCCNCc1cnc(C2CN(C)CCO2)nc1. The summed E-state index contributed by atoms with van der Waals surface area (Å²) in [5, 5.41) is 3.34. The monoisotopic (exact) mass is 250 g/mol. The van der Waals surface area contributed by atoms with E-state index in [0.717, 1.165) is 50.6 Å². The van der Waals surface area contributed by atoms with Gasteiger partial charge in [0, 0.05) is 37.6 Å². The summed E-state index contributed by atoms with van der Waals surface area (Å²) in [4.78, 5) is 11.1. The molecule has 2 heterocycles. The summed E-state index contributed by atoms with van der Waals surface area (Å²) < 4.78 is 5.69. The van der Waals surface area contributed by atoms with E-state index < -0.39 is 0 Å². The van der Waals surface area contributed by atoms with Crippen LogP contribution < -0.4 is 5.32 Å². The molecule has 0 saturated carbocycles. The summed E-state index contributed by atoms with van der Waals surface area (Å²) >= 11 is 0. The molecule has 100 valence electrons. The van der Waals surface area contributed by atoms with E-state index in [1.165, 1.54) is 0 Å². The van der Waals surface area contributed by atoms with Crippen LogP contribution in [0.15, 0.2) is 12.4 Å². The molecule has 1 fully saturated rings. The molecule has 0 spiro atoms. The summed E-state index contributed by atoms with van der Waals surface area (Å²) in [5.74, 6) is 0.792. The second kappa shape index (κ2) is 6.78. The molecule has 18 heavy (non-hydrogen) atoms. The lowest BCUT2D eigenvalue weighted by molar-refractivity contribution is -0.0255. The van der Waals surface area contributed by atoms with Crippen molar-refractivity contribution in [2.75, 3.05) is 33.3 Å². The van der Waals surface area contributed by atoms with E-state index in [9.17, 15) is 0 Å². The van der Waals surface area contributed by atoms with Crippen LogP contribution in [0.2, 0.25) is 0 Å². The molecule has 2 rings (SSSR count). The van der Waals surface area contributed by atoms with Gasteiger partial charge in [-0.15, -0.1) is 0 Å². The first-order valence-corrected chi connectivity index (χ1v) is 6.61. The Morgan fingerprint density at radius 3 is 2.89 bits per heavy atom. The molecule has 0 radical (unpaired) electrons.